The first kappa shape index (κ1) is 13.4. The minimum Gasteiger partial charge on any atom is -0.491 e. The molecule has 20 heavy (non-hydrogen) atoms. The predicted octanol–water partition coefficient (Wildman–Crippen LogP) is 1.91. The van der Waals surface area contributed by atoms with Crippen LogP contribution in [0, 0.1) is 5.92 Å². The highest BCUT2D eigenvalue weighted by molar-refractivity contribution is 5.97. The van der Waals surface area contributed by atoms with Crippen molar-refractivity contribution in [3.05, 3.63) is 29.8 Å². The van der Waals surface area contributed by atoms with Gasteiger partial charge in [-0.25, -0.2) is 0 Å². The van der Waals surface area contributed by atoms with E-state index in [1.165, 1.54) is 12.8 Å². The number of carbonyl (C=O) groups is 1. The molecule has 0 saturated heterocycles. The van der Waals surface area contributed by atoms with Gasteiger partial charge in [0.15, 0.2) is 0 Å². The largest absolute Gasteiger partial charge is 0.491 e. The van der Waals surface area contributed by atoms with Crippen molar-refractivity contribution in [1.29, 1.82) is 0 Å². The van der Waals surface area contributed by atoms with Gasteiger partial charge in [0.2, 0.25) is 0 Å². The number of hydrogen-bond donors (Lipinski definition) is 1. The molecule has 0 radical (unpaired) electrons. The number of ether oxygens (including phenoxy) is 1. The molecule has 4 heteroatoms. The Kier molecular flexibility index (Phi) is 3.92. The highest BCUT2D eigenvalue weighted by atomic mass is 16.5. The third-order valence-corrected chi connectivity index (χ3v) is 4.10. The Morgan fingerprint density at radius 3 is 2.95 bits per heavy atom. The van der Waals surface area contributed by atoms with E-state index in [4.69, 9.17) is 4.74 Å². The van der Waals surface area contributed by atoms with Gasteiger partial charge in [-0.05, 0) is 37.4 Å². The van der Waals surface area contributed by atoms with Crippen molar-refractivity contribution in [2.24, 2.45) is 5.92 Å². The van der Waals surface area contributed by atoms with Crippen molar-refractivity contribution in [2.45, 2.75) is 25.8 Å². The number of rotatable bonds is 5. The van der Waals surface area contributed by atoms with E-state index < -0.39 is 0 Å². The third kappa shape index (κ3) is 2.80. The second-order valence-corrected chi connectivity index (χ2v) is 5.60. The van der Waals surface area contributed by atoms with E-state index >= 15 is 0 Å². The van der Waals surface area contributed by atoms with Crippen LogP contribution in [-0.2, 0) is 0 Å². The van der Waals surface area contributed by atoms with Gasteiger partial charge in [0.1, 0.15) is 12.4 Å². The van der Waals surface area contributed by atoms with Crippen LogP contribution in [0.3, 0.4) is 0 Å². The first-order valence-corrected chi connectivity index (χ1v) is 7.54. The van der Waals surface area contributed by atoms with Crippen LogP contribution in [0.15, 0.2) is 24.3 Å². The molecule has 108 valence electrons. The molecule has 1 unspecified atom stereocenters. The van der Waals surface area contributed by atoms with Crippen LogP contribution in [0.4, 0.5) is 0 Å². The number of nitrogens with zero attached hydrogens (tertiary/aromatic N) is 1. The van der Waals surface area contributed by atoms with Gasteiger partial charge in [-0.3, -0.25) is 4.79 Å². The van der Waals surface area contributed by atoms with Gasteiger partial charge in [-0.1, -0.05) is 19.1 Å². The van der Waals surface area contributed by atoms with Crippen molar-refractivity contribution in [1.82, 2.24) is 10.2 Å². The molecule has 3 rings (SSSR count). The zero-order valence-corrected chi connectivity index (χ0v) is 12.0. The molecule has 1 aliphatic heterocycles. The van der Waals surface area contributed by atoms with Crippen LogP contribution in [0.5, 0.6) is 5.75 Å². The SMILES string of the molecule is CCNC(CN1CCOc2ccccc2C1=O)C1CC1. The summed E-state index contributed by atoms with van der Waals surface area (Å²) in [5, 5.41) is 3.52. The quantitative estimate of drug-likeness (QED) is 0.892. The molecule has 1 fully saturated rings. The standard InChI is InChI=1S/C16H22N2O2/c1-2-17-14(12-7-8-12)11-18-9-10-20-15-6-4-3-5-13(15)16(18)19/h3-6,12,14,17H,2,7-11H2,1H3. The molecule has 0 bridgehead atoms. The molecule has 4 nitrogen and oxygen atoms in total. The summed E-state index contributed by atoms with van der Waals surface area (Å²) in [6, 6.07) is 7.96. The molecular formula is C16H22N2O2. The maximum atomic E-state index is 12.6. The van der Waals surface area contributed by atoms with E-state index in [0.717, 1.165) is 19.0 Å². The van der Waals surface area contributed by atoms with Crippen molar-refractivity contribution in [3.8, 4) is 5.75 Å². The Morgan fingerprint density at radius 1 is 1.40 bits per heavy atom. The van der Waals surface area contributed by atoms with Crippen molar-refractivity contribution in [2.75, 3.05) is 26.2 Å². The molecule has 2 aliphatic rings. The smallest absolute Gasteiger partial charge is 0.257 e. The number of hydrogen-bond acceptors (Lipinski definition) is 3. The minimum absolute atomic E-state index is 0.0988. The summed E-state index contributed by atoms with van der Waals surface area (Å²) < 4.78 is 5.68. The number of benzene rings is 1. The first-order valence-electron chi connectivity index (χ1n) is 7.54. The molecular weight excluding hydrogens is 252 g/mol. The average Bonchev–Trinajstić information content (AvgIpc) is 3.29. The molecule has 1 aromatic rings. The topological polar surface area (TPSA) is 41.6 Å². The zero-order valence-electron chi connectivity index (χ0n) is 12.0. The highest BCUT2D eigenvalue weighted by Gasteiger charge is 2.34. The molecule has 1 atom stereocenters. The second-order valence-electron chi connectivity index (χ2n) is 5.60. The third-order valence-electron chi connectivity index (χ3n) is 4.10. The van der Waals surface area contributed by atoms with Gasteiger partial charge in [-0.2, -0.15) is 0 Å². The summed E-state index contributed by atoms with van der Waals surface area (Å²) in [5.74, 6) is 1.55. The summed E-state index contributed by atoms with van der Waals surface area (Å²) in [5.41, 5.74) is 0.691. The summed E-state index contributed by atoms with van der Waals surface area (Å²) in [7, 11) is 0. The van der Waals surface area contributed by atoms with E-state index in [1.54, 1.807) is 0 Å². The van der Waals surface area contributed by atoms with Gasteiger partial charge in [-0.15, -0.1) is 0 Å². The number of amides is 1. The molecule has 1 heterocycles. The molecule has 1 amide bonds. The van der Waals surface area contributed by atoms with Crippen LogP contribution in [-0.4, -0.2) is 43.1 Å². The van der Waals surface area contributed by atoms with Gasteiger partial charge >= 0.3 is 0 Å². The number of nitrogens with one attached hydrogen (secondary N) is 1. The maximum Gasteiger partial charge on any atom is 0.257 e. The molecule has 1 aromatic carbocycles. The normalized spacial score (nSPS) is 20.1. The van der Waals surface area contributed by atoms with Crippen molar-refractivity contribution in [3.63, 3.8) is 0 Å². The number of likely N-dealkylation sites (N-methyl/N-ethyl adjacent to an activating group) is 1. The van der Waals surface area contributed by atoms with Crippen LogP contribution >= 0.6 is 0 Å². The molecule has 0 aromatic heterocycles. The van der Waals surface area contributed by atoms with Crippen LogP contribution < -0.4 is 10.1 Å². The van der Waals surface area contributed by atoms with Gasteiger partial charge in [0, 0.05) is 12.6 Å². The fourth-order valence-electron chi connectivity index (χ4n) is 2.86. The van der Waals surface area contributed by atoms with E-state index in [9.17, 15) is 4.79 Å². The summed E-state index contributed by atoms with van der Waals surface area (Å²) in [4.78, 5) is 14.6. The van der Waals surface area contributed by atoms with Gasteiger partial charge in [0.25, 0.3) is 5.91 Å². The van der Waals surface area contributed by atoms with E-state index in [0.29, 0.717) is 30.5 Å². The Balaban J connectivity index is 1.75. The lowest BCUT2D eigenvalue weighted by Crippen LogP contribution is -2.45. The number of carbonyl (C=O) groups excluding carboxylic acids is 1. The van der Waals surface area contributed by atoms with Crippen molar-refractivity contribution >= 4 is 5.91 Å². The summed E-state index contributed by atoms with van der Waals surface area (Å²) in [6.07, 6.45) is 2.57. The van der Waals surface area contributed by atoms with Crippen LogP contribution in [0.2, 0.25) is 0 Å². The second kappa shape index (κ2) is 5.83. The molecule has 1 N–H and O–H groups in total. The summed E-state index contributed by atoms with van der Waals surface area (Å²) >= 11 is 0. The summed E-state index contributed by atoms with van der Waals surface area (Å²) in [6.45, 7) is 5.11. The minimum atomic E-state index is 0.0988. The highest BCUT2D eigenvalue weighted by Crippen LogP contribution is 2.33. The first-order chi connectivity index (χ1) is 9.79. The van der Waals surface area contributed by atoms with Crippen LogP contribution in [0.25, 0.3) is 0 Å². The number of para-hydroxylation sites is 1. The molecule has 0 spiro atoms. The van der Waals surface area contributed by atoms with E-state index in [1.807, 2.05) is 29.2 Å². The van der Waals surface area contributed by atoms with Gasteiger partial charge in [0.05, 0.1) is 12.1 Å². The molecule has 1 saturated carbocycles. The Morgan fingerprint density at radius 2 is 2.20 bits per heavy atom. The van der Waals surface area contributed by atoms with Crippen LogP contribution in [0.1, 0.15) is 30.1 Å². The molecule has 1 aliphatic carbocycles. The lowest BCUT2D eigenvalue weighted by Gasteiger charge is -2.26. The fraction of sp³-hybridized carbons (Fsp3) is 0.562. The van der Waals surface area contributed by atoms with E-state index in [-0.39, 0.29) is 5.91 Å². The van der Waals surface area contributed by atoms with Gasteiger partial charge < -0.3 is 15.0 Å². The van der Waals surface area contributed by atoms with Crippen molar-refractivity contribution < 1.29 is 9.53 Å². The maximum absolute atomic E-state index is 12.6. The predicted molar refractivity (Wildman–Crippen MR) is 78.0 cm³/mol. The fourth-order valence-corrected chi connectivity index (χ4v) is 2.86. The zero-order chi connectivity index (χ0) is 13.9. The Labute approximate surface area is 120 Å². The monoisotopic (exact) mass is 274 g/mol. The average molecular weight is 274 g/mol. The lowest BCUT2D eigenvalue weighted by molar-refractivity contribution is 0.0733. The number of fused-ring (bicyclic) bond motifs is 1. The Bertz CT molecular complexity index is 485. The lowest BCUT2D eigenvalue weighted by atomic mass is 10.1. The Hall–Kier alpha value is -1.55. The van der Waals surface area contributed by atoms with E-state index in [2.05, 4.69) is 12.2 Å².